The Kier molecular flexibility index (Phi) is 5.83. The van der Waals surface area contributed by atoms with Gasteiger partial charge in [0.15, 0.2) is 0 Å². The van der Waals surface area contributed by atoms with Crippen LogP contribution in [-0.2, 0) is 9.59 Å². The number of aliphatic carboxylic acids is 1. The molecule has 1 aliphatic heterocycles. The monoisotopic (exact) mass is 414 g/mol. The summed E-state index contributed by atoms with van der Waals surface area (Å²) in [4.78, 5) is 23.4. The number of hydrogen-bond acceptors (Lipinski definition) is 3. The molecular formula is C20H19BrN2O3. The zero-order valence-corrected chi connectivity index (χ0v) is 15.7. The van der Waals surface area contributed by atoms with Crippen molar-refractivity contribution in [2.75, 3.05) is 0 Å². The maximum atomic E-state index is 12.7. The number of carbonyl (C=O) groups is 2. The molecule has 1 N–H and O–H groups in total. The SMILES string of the molecule is O=C(O)CCCC(=O)N1N=C(c2cccc(Br)c2)CC1c1ccccc1. The molecule has 0 saturated carbocycles. The Morgan fingerprint density at radius 2 is 1.88 bits per heavy atom. The highest BCUT2D eigenvalue weighted by Crippen LogP contribution is 2.33. The molecule has 0 fully saturated rings. The van der Waals surface area contributed by atoms with Crippen LogP contribution in [0.3, 0.4) is 0 Å². The number of carboxylic acid groups (broad SMARTS) is 1. The van der Waals surface area contributed by atoms with Gasteiger partial charge < -0.3 is 5.11 Å². The third-order valence-electron chi connectivity index (χ3n) is 4.29. The van der Waals surface area contributed by atoms with Crippen molar-refractivity contribution in [3.63, 3.8) is 0 Å². The lowest BCUT2D eigenvalue weighted by Crippen LogP contribution is -2.26. The highest BCUT2D eigenvalue weighted by molar-refractivity contribution is 9.10. The Morgan fingerprint density at radius 3 is 2.58 bits per heavy atom. The van der Waals surface area contributed by atoms with E-state index in [9.17, 15) is 9.59 Å². The molecule has 5 nitrogen and oxygen atoms in total. The van der Waals surface area contributed by atoms with E-state index in [1.165, 1.54) is 5.01 Å². The first-order chi connectivity index (χ1) is 12.5. The number of carbonyl (C=O) groups excluding carboxylic acids is 1. The fourth-order valence-electron chi connectivity index (χ4n) is 3.02. The van der Waals surface area contributed by atoms with Gasteiger partial charge in [-0.15, -0.1) is 0 Å². The lowest BCUT2D eigenvalue weighted by molar-refractivity contribution is -0.137. The second kappa shape index (κ2) is 8.27. The van der Waals surface area contributed by atoms with Crippen molar-refractivity contribution in [3.8, 4) is 0 Å². The predicted molar refractivity (Wildman–Crippen MR) is 103 cm³/mol. The highest BCUT2D eigenvalue weighted by atomic mass is 79.9. The third-order valence-corrected chi connectivity index (χ3v) is 4.78. The molecule has 1 amide bonds. The summed E-state index contributed by atoms with van der Waals surface area (Å²) in [7, 11) is 0. The van der Waals surface area contributed by atoms with Crippen LogP contribution in [0.25, 0.3) is 0 Å². The van der Waals surface area contributed by atoms with Gasteiger partial charge in [0, 0.05) is 23.7 Å². The quantitative estimate of drug-likeness (QED) is 0.761. The van der Waals surface area contributed by atoms with Gasteiger partial charge >= 0.3 is 5.97 Å². The van der Waals surface area contributed by atoms with Crippen LogP contribution in [0.2, 0.25) is 0 Å². The molecule has 2 aromatic carbocycles. The molecule has 0 aliphatic carbocycles. The smallest absolute Gasteiger partial charge is 0.303 e. The molecular weight excluding hydrogens is 396 g/mol. The Balaban J connectivity index is 1.85. The van der Waals surface area contributed by atoms with Crippen LogP contribution in [0.15, 0.2) is 64.2 Å². The number of nitrogens with zero attached hydrogens (tertiary/aromatic N) is 2. The van der Waals surface area contributed by atoms with Gasteiger partial charge in [-0.2, -0.15) is 5.10 Å². The standard InChI is InChI=1S/C20H19BrN2O3/c21-16-9-4-8-15(12-16)17-13-18(14-6-2-1-3-7-14)23(22-17)19(24)10-5-11-20(25)26/h1-4,6-9,12,18H,5,10-11,13H2,(H,25,26). The van der Waals surface area contributed by atoms with Crippen molar-refractivity contribution in [1.82, 2.24) is 5.01 Å². The van der Waals surface area contributed by atoms with Gasteiger partial charge in [-0.3, -0.25) is 9.59 Å². The van der Waals surface area contributed by atoms with Crippen LogP contribution >= 0.6 is 15.9 Å². The van der Waals surface area contributed by atoms with Crippen molar-refractivity contribution in [2.45, 2.75) is 31.7 Å². The summed E-state index contributed by atoms with van der Waals surface area (Å²) < 4.78 is 0.959. The zero-order chi connectivity index (χ0) is 18.5. The largest absolute Gasteiger partial charge is 0.481 e. The topological polar surface area (TPSA) is 70.0 Å². The molecule has 134 valence electrons. The van der Waals surface area contributed by atoms with E-state index in [4.69, 9.17) is 5.11 Å². The summed E-state index contributed by atoms with van der Waals surface area (Å²) in [6.45, 7) is 0. The van der Waals surface area contributed by atoms with Gasteiger partial charge in [-0.25, -0.2) is 5.01 Å². The number of amides is 1. The van der Waals surface area contributed by atoms with Gasteiger partial charge in [0.05, 0.1) is 11.8 Å². The molecule has 0 radical (unpaired) electrons. The lowest BCUT2D eigenvalue weighted by atomic mass is 9.98. The molecule has 2 aromatic rings. The minimum Gasteiger partial charge on any atom is -0.481 e. The zero-order valence-electron chi connectivity index (χ0n) is 14.1. The minimum atomic E-state index is -0.892. The summed E-state index contributed by atoms with van der Waals surface area (Å²) in [6, 6.07) is 17.5. The molecule has 1 heterocycles. The highest BCUT2D eigenvalue weighted by Gasteiger charge is 2.32. The van der Waals surface area contributed by atoms with E-state index < -0.39 is 5.97 Å². The summed E-state index contributed by atoms with van der Waals surface area (Å²) in [6.07, 6.45) is 1.10. The van der Waals surface area contributed by atoms with Crippen LogP contribution in [0.5, 0.6) is 0 Å². The Hall–Kier alpha value is -2.47. The van der Waals surface area contributed by atoms with Crippen molar-refractivity contribution in [3.05, 3.63) is 70.2 Å². The van der Waals surface area contributed by atoms with Crippen molar-refractivity contribution < 1.29 is 14.7 Å². The molecule has 0 bridgehead atoms. The van der Waals surface area contributed by atoms with Crippen LogP contribution in [0.1, 0.15) is 42.9 Å². The number of hydrazone groups is 1. The van der Waals surface area contributed by atoms with Crippen molar-refractivity contribution in [1.29, 1.82) is 0 Å². The number of rotatable bonds is 6. The van der Waals surface area contributed by atoms with Gasteiger partial charge in [-0.05, 0) is 29.7 Å². The van der Waals surface area contributed by atoms with E-state index in [0.29, 0.717) is 12.8 Å². The van der Waals surface area contributed by atoms with E-state index in [0.717, 1.165) is 21.3 Å². The van der Waals surface area contributed by atoms with Gasteiger partial charge in [-0.1, -0.05) is 58.4 Å². The number of benzene rings is 2. The van der Waals surface area contributed by atoms with Crippen LogP contribution in [0, 0.1) is 0 Å². The number of carboxylic acids is 1. The van der Waals surface area contributed by atoms with E-state index in [1.807, 2.05) is 54.6 Å². The first kappa shape index (κ1) is 18.3. The fraction of sp³-hybridized carbons (Fsp3) is 0.250. The Bertz CT molecular complexity index is 836. The van der Waals surface area contributed by atoms with E-state index >= 15 is 0 Å². The first-order valence-electron chi connectivity index (χ1n) is 8.47. The summed E-state index contributed by atoms with van der Waals surface area (Å²) in [5.41, 5.74) is 2.85. The number of halogens is 1. The molecule has 26 heavy (non-hydrogen) atoms. The maximum Gasteiger partial charge on any atom is 0.303 e. The average Bonchev–Trinajstić information content (AvgIpc) is 3.07. The van der Waals surface area contributed by atoms with Gasteiger partial charge in [0.25, 0.3) is 0 Å². The molecule has 6 heteroatoms. The Labute approximate surface area is 160 Å². The predicted octanol–water partition coefficient (Wildman–Crippen LogP) is 4.38. The average molecular weight is 415 g/mol. The number of hydrogen-bond donors (Lipinski definition) is 1. The fourth-order valence-corrected chi connectivity index (χ4v) is 3.42. The van der Waals surface area contributed by atoms with Crippen molar-refractivity contribution in [2.24, 2.45) is 5.10 Å². The normalized spacial score (nSPS) is 16.4. The molecule has 0 saturated heterocycles. The van der Waals surface area contributed by atoms with Crippen LogP contribution < -0.4 is 0 Å². The molecule has 1 aliphatic rings. The van der Waals surface area contributed by atoms with Gasteiger partial charge in [0.2, 0.25) is 5.91 Å². The summed E-state index contributed by atoms with van der Waals surface area (Å²) >= 11 is 3.47. The van der Waals surface area contributed by atoms with Crippen molar-refractivity contribution >= 4 is 33.5 Å². The summed E-state index contributed by atoms with van der Waals surface area (Å²) in [5.74, 6) is -1.04. The van der Waals surface area contributed by atoms with Gasteiger partial charge in [0.1, 0.15) is 0 Å². The molecule has 3 rings (SSSR count). The molecule has 1 atom stereocenters. The summed E-state index contributed by atoms with van der Waals surface area (Å²) in [5, 5.41) is 14.9. The van der Waals surface area contributed by atoms with E-state index in [1.54, 1.807) is 0 Å². The molecule has 1 unspecified atom stereocenters. The molecule has 0 spiro atoms. The second-order valence-corrected chi connectivity index (χ2v) is 7.09. The van der Waals surface area contributed by atoms with E-state index in [2.05, 4.69) is 21.0 Å². The maximum absolute atomic E-state index is 12.7. The lowest BCUT2D eigenvalue weighted by Gasteiger charge is -2.22. The van der Waals surface area contributed by atoms with Crippen LogP contribution in [0.4, 0.5) is 0 Å². The minimum absolute atomic E-state index is 0.0161. The first-order valence-corrected chi connectivity index (χ1v) is 9.26. The second-order valence-electron chi connectivity index (χ2n) is 6.17. The van der Waals surface area contributed by atoms with E-state index in [-0.39, 0.29) is 24.8 Å². The van der Waals surface area contributed by atoms with Crippen LogP contribution in [-0.4, -0.2) is 27.7 Å². The molecule has 0 aromatic heterocycles. The Morgan fingerprint density at radius 1 is 1.12 bits per heavy atom. The third kappa shape index (κ3) is 4.38.